The number of benzene rings is 1. The Bertz CT molecular complexity index is 408. The molecular formula is C15H20N2O. The molecule has 1 N–H and O–H groups in total. The summed E-state index contributed by atoms with van der Waals surface area (Å²) in [6.45, 7) is 4.62. The fraction of sp³-hybridized carbons (Fsp3) is 0.467. The minimum atomic E-state index is -0.516. The Morgan fingerprint density at radius 2 is 2.06 bits per heavy atom. The van der Waals surface area contributed by atoms with E-state index in [4.69, 9.17) is 5.26 Å². The van der Waals surface area contributed by atoms with Crippen LogP contribution in [0.15, 0.2) is 30.3 Å². The third kappa shape index (κ3) is 4.21. The highest BCUT2D eigenvalue weighted by molar-refractivity contribution is 5.81. The molecule has 0 aliphatic carbocycles. The van der Waals surface area contributed by atoms with Crippen LogP contribution in [0, 0.1) is 17.2 Å². The molecule has 1 aromatic carbocycles. The molecule has 1 rings (SSSR count). The van der Waals surface area contributed by atoms with E-state index in [0.29, 0.717) is 13.0 Å². The maximum absolute atomic E-state index is 11.8. The topological polar surface area (TPSA) is 52.9 Å². The highest BCUT2D eigenvalue weighted by Crippen LogP contribution is 2.13. The fourth-order valence-electron chi connectivity index (χ4n) is 1.82. The summed E-state index contributed by atoms with van der Waals surface area (Å²) in [6.07, 6.45) is 1.47. The molecule has 0 saturated heterocycles. The third-order valence-corrected chi connectivity index (χ3v) is 3.00. The molecule has 0 aliphatic heterocycles. The van der Waals surface area contributed by atoms with Crippen molar-refractivity contribution in [3.63, 3.8) is 0 Å². The van der Waals surface area contributed by atoms with E-state index in [0.717, 1.165) is 6.42 Å². The molecule has 0 bridgehead atoms. The quantitative estimate of drug-likeness (QED) is 0.836. The SMILES string of the molecule is CCCC(C#N)C(=O)NCC(C)c1ccccc1. The molecule has 0 heterocycles. The molecule has 2 unspecified atom stereocenters. The van der Waals surface area contributed by atoms with E-state index < -0.39 is 5.92 Å². The lowest BCUT2D eigenvalue weighted by atomic mass is 10.0. The first-order chi connectivity index (χ1) is 8.69. The zero-order chi connectivity index (χ0) is 13.4. The van der Waals surface area contributed by atoms with Crippen LogP contribution in [0.3, 0.4) is 0 Å². The maximum atomic E-state index is 11.8. The Morgan fingerprint density at radius 3 is 2.61 bits per heavy atom. The van der Waals surface area contributed by atoms with E-state index in [2.05, 4.69) is 18.3 Å². The number of carbonyl (C=O) groups excluding carboxylic acids is 1. The minimum Gasteiger partial charge on any atom is -0.354 e. The summed E-state index contributed by atoms with van der Waals surface area (Å²) in [5, 5.41) is 11.8. The van der Waals surface area contributed by atoms with Crippen molar-refractivity contribution in [2.75, 3.05) is 6.54 Å². The zero-order valence-electron chi connectivity index (χ0n) is 11.0. The van der Waals surface area contributed by atoms with E-state index in [1.165, 1.54) is 5.56 Å². The summed E-state index contributed by atoms with van der Waals surface area (Å²) < 4.78 is 0. The lowest BCUT2D eigenvalue weighted by Gasteiger charge is -2.14. The molecular weight excluding hydrogens is 224 g/mol. The highest BCUT2D eigenvalue weighted by Gasteiger charge is 2.17. The molecule has 1 aromatic rings. The van der Waals surface area contributed by atoms with Gasteiger partial charge in [-0.2, -0.15) is 5.26 Å². The van der Waals surface area contributed by atoms with Crippen LogP contribution in [0.25, 0.3) is 0 Å². The molecule has 0 saturated carbocycles. The molecule has 0 fully saturated rings. The monoisotopic (exact) mass is 244 g/mol. The molecule has 3 nitrogen and oxygen atoms in total. The molecule has 1 amide bonds. The van der Waals surface area contributed by atoms with Crippen molar-refractivity contribution in [1.29, 1.82) is 5.26 Å². The molecule has 3 heteroatoms. The maximum Gasteiger partial charge on any atom is 0.237 e. The van der Waals surface area contributed by atoms with E-state index in [9.17, 15) is 4.79 Å². The van der Waals surface area contributed by atoms with Gasteiger partial charge in [-0.15, -0.1) is 0 Å². The second kappa shape index (κ2) is 7.50. The lowest BCUT2D eigenvalue weighted by Crippen LogP contribution is -2.32. The Hall–Kier alpha value is -1.82. The number of nitrogens with one attached hydrogen (secondary N) is 1. The van der Waals surface area contributed by atoms with Crippen molar-refractivity contribution < 1.29 is 4.79 Å². The van der Waals surface area contributed by atoms with Gasteiger partial charge in [0.15, 0.2) is 0 Å². The van der Waals surface area contributed by atoms with E-state index in [1.807, 2.05) is 37.3 Å². The van der Waals surface area contributed by atoms with Crippen LogP contribution in [0.1, 0.15) is 38.2 Å². The predicted octanol–water partition coefficient (Wildman–Crippen LogP) is 2.85. The Labute approximate surface area is 109 Å². The average Bonchev–Trinajstić information content (AvgIpc) is 2.42. The van der Waals surface area contributed by atoms with E-state index >= 15 is 0 Å². The molecule has 0 aromatic heterocycles. The number of rotatable bonds is 6. The Morgan fingerprint density at radius 1 is 1.39 bits per heavy atom. The summed E-state index contributed by atoms with van der Waals surface area (Å²) in [5.74, 6) is -0.406. The number of carbonyl (C=O) groups is 1. The number of nitriles is 1. The van der Waals surface area contributed by atoms with Crippen LogP contribution in [0.4, 0.5) is 0 Å². The summed E-state index contributed by atoms with van der Waals surface area (Å²) in [4.78, 5) is 11.8. The van der Waals surface area contributed by atoms with E-state index in [-0.39, 0.29) is 11.8 Å². The van der Waals surface area contributed by atoms with Crippen molar-refractivity contribution in [3.8, 4) is 6.07 Å². The standard InChI is InChI=1S/C15H20N2O/c1-3-7-14(10-16)15(18)17-11-12(2)13-8-5-4-6-9-13/h4-6,8-9,12,14H,3,7,11H2,1-2H3,(H,17,18). The first-order valence-corrected chi connectivity index (χ1v) is 6.41. The van der Waals surface area contributed by atoms with E-state index in [1.54, 1.807) is 0 Å². The van der Waals surface area contributed by atoms with Gasteiger partial charge in [-0.25, -0.2) is 0 Å². The lowest BCUT2D eigenvalue weighted by molar-refractivity contribution is -0.123. The van der Waals surface area contributed by atoms with Gasteiger partial charge >= 0.3 is 0 Å². The van der Waals surface area contributed by atoms with Crippen molar-refractivity contribution in [3.05, 3.63) is 35.9 Å². The number of nitrogens with zero attached hydrogens (tertiary/aromatic N) is 1. The highest BCUT2D eigenvalue weighted by atomic mass is 16.1. The second-order valence-electron chi connectivity index (χ2n) is 4.53. The van der Waals surface area contributed by atoms with Gasteiger partial charge in [0.05, 0.1) is 6.07 Å². The normalized spacial score (nSPS) is 13.4. The second-order valence-corrected chi connectivity index (χ2v) is 4.53. The number of amides is 1. The predicted molar refractivity (Wildman–Crippen MR) is 71.9 cm³/mol. The Balaban J connectivity index is 2.46. The van der Waals surface area contributed by atoms with Gasteiger partial charge in [-0.05, 0) is 17.9 Å². The van der Waals surface area contributed by atoms with Crippen molar-refractivity contribution >= 4 is 5.91 Å². The summed E-state index contributed by atoms with van der Waals surface area (Å²) in [5.41, 5.74) is 1.20. The summed E-state index contributed by atoms with van der Waals surface area (Å²) in [6, 6.07) is 12.1. The smallest absolute Gasteiger partial charge is 0.237 e. The van der Waals surface area contributed by atoms with Crippen molar-refractivity contribution in [2.45, 2.75) is 32.6 Å². The minimum absolute atomic E-state index is 0.151. The van der Waals surface area contributed by atoms with Gasteiger partial charge in [0.25, 0.3) is 0 Å². The number of hydrogen-bond donors (Lipinski definition) is 1. The summed E-state index contributed by atoms with van der Waals surface area (Å²) in [7, 11) is 0. The molecule has 0 radical (unpaired) electrons. The third-order valence-electron chi connectivity index (χ3n) is 3.00. The van der Waals surface area contributed by atoms with Crippen LogP contribution in [0.2, 0.25) is 0 Å². The largest absolute Gasteiger partial charge is 0.354 e. The molecule has 0 spiro atoms. The van der Waals surface area contributed by atoms with Crippen LogP contribution >= 0.6 is 0 Å². The average molecular weight is 244 g/mol. The first-order valence-electron chi connectivity index (χ1n) is 6.41. The van der Waals surface area contributed by atoms with Crippen LogP contribution in [-0.4, -0.2) is 12.5 Å². The van der Waals surface area contributed by atoms with Gasteiger partial charge in [-0.1, -0.05) is 50.6 Å². The Kier molecular flexibility index (Phi) is 5.93. The van der Waals surface area contributed by atoms with Gasteiger partial charge in [0.2, 0.25) is 5.91 Å². The van der Waals surface area contributed by atoms with Crippen molar-refractivity contribution in [2.24, 2.45) is 5.92 Å². The molecule has 0 aliphatic rings. The number of hydrogen-bond acceptors (Lipinski definition) is 2. The van der Waals surface area contributed by atoms with Gasteiger partial charge in [-0.3, -0.25) is 4.79 Å². The van der Waals surface area contributed by atoms with Gasteiger partial charge < -0.3 is 5.32 Å². The van der Waals surface area contributed by atoms with Crippen LogP contribution < -0.4 is 5.32 Å². The summed E-state index contributed by atoms with van der Waals surface area (Å²) >= 11 is 0. The first kappa shape index (κ1) is 14.2. The fourth-order valence-corrected chi connectivity index (χ4v) is 1.82. The van der Waals surface area contributed by atoms with Gasteiger partial charge in [0.1, 0.15) is 5.92 Å². The van der Waals surface area contributed by atoms with Gasteiger partial charge in [0, 0.05) is 6.54 Å². The molecule has 18 heavy (non-hydrogen) atoms. The molecule has 2 atom stereocenters. The van der Waals surface area contributed by atoms with Crippen LogP contribution in [0.5, 0.6) is 0 Å². The molecule has 96 valence electrons. The zero-order valence-corrected chi connectivity index (χ0v) is 11.0. The van der Waals surface area contributed by atoms with Crippen LogP contribution in [-0.2, 0) is 4.79 Å². The van der Waals surface area contributed by atoms with Crippen molar-refractivity contribution in [1.82, 2.24) is 5.32 Å².